The van der Waals surface area contributed by atoms with E-state index in [-0.39, 0.29) is 36.9 Å². The average molecular weight is 1790 g/mol. The molecule has 109 heavy (non-hydrogen) atoms. The molecule has 0 atom stereocenters. The number of ether oxygens (including phenoxy) is 5. The zero-order chi connectivity index (χ0) is 78.4. The minimum Gasteiger partial charge on any atom is -0.497 e. The fraction of sp³-hybridized carbons (Fsp3) is 0.182. The number of aromatic amines is 1. The van der Waals surface area contributed by atoms with E-state index in [1.807, 2.05) is 158 Å². The SMILES string of the molecule is BrCc1ccc(Br)cc1.CCOC(=O)c1n[nH]nc1NCc1ccc(-c2ccc(Cl)c(Cl)c2)cc1.CCOC(=O)c1nnn(Cc2ccc(OC)cc2)c1NCc1ccc(-c2ccc(Cl)c(Cl)c2)cc1.CCOC(=O)c1nnn(Cc2ccc(OC)cc2)c1NCc1ccc(Br)cc1.OB(O)c1ccc(Cl)c(Cl)c1. The lowest BCUT2D eigenvalue weighted by atomic mass is 9.80. The van der Waals surface area contributed by atoms with Crippen molar-refractivity contribution in [1.82, 2.24) is 45.4 Å². The monoisotopic (exact) mass is 1780 g/mol. The molecule has 6 N–H and O–H groups in total. The van der Waals surface area contributed by atoms with Crippen molar-refractivity contribution < 1.29 is 48.1 Å². The van der Waals surface area contributed by atoms with Crippen molar-refractivity contribution in [2.75, 3.05) is 50.0 Å². The summed E-state index contributed by atoms with van der Waals surface area (Å²) in [4.78, 5) is 36.5. The van der Waals surface area contributed by atoms with Crippen LogP contribution in [-0.4, -0.2) is 115 Å². The number of carbonyl (C=O) groups is 3. The van der Waals surface area contributed by atoms with Gasteiger partial charge >= 0.3 is 25.0 Å². The largest absolute Gasteiger partial charge is 0.497 e. The van der Waals surface area contributed by atoms with Crippen molar-refractivity contribution in [2.24, 2.45) is 0 Å². The van der Waals surface area contributed by atoms with Crippen LogP contribution in [0.25, 0.3) is 22.3 Å². The lowest BCUT2D eigenvalue weighted by Crippen LogP contribution is -2.29. The van der Waals surface area contributed by atoms with Crippen LogP contribution in [0.5, 0.6) is 11.5 Å². The summed E-state index contributed by atoms with van der Waals surface area (Å²) < 4.78 is 31.1. The Hall–Kier alpha value is -9.03. The third kappa shape index (κ3) is 26.3. The van der Waals surface area contributed by atoms with Gasteiger partial charge in [-0.2, -0.15) is 5.21 Å². The van der Waals surface area contributed by atoms with Crippen molar-refractivity contribution >= 4 is 165 Å². The number of benzene rings is 9. The van der Waals surface area contributed by atoms with Gasteiger partial charge in [-0.1, -0.05) is 243 Å². The number of methoxy groups -OCH3 is 2. The van der Waals surface area contributed by atoms with E-state index in [9.17, 15) is 14.4 Å². The highest BCUT2D eigenvalue weighted by atomic mass is 79.9. The molecular formula is C77H72BBr3Cl6N12O10. The van der Waals surface area contributed by atoms with Crippen LogP contribution in [0.4, 0.5) is 17.5 Å². The van der Waals surface area contributed by atoms with Crippen LogP contribution in [0.3, 0.4) is 0 Å². The summed E-state index contributed by atoms with van der Waals surface area (Å²) in [6.45, 7) is 8.41. The maximum Gasteiger partial charge on any atom is 0.488 e. The van der Waals surface area contributed by atoms with Crippen molar-refractivity contribution in [2.45, 2.75) is 58.8 Å². The lowest BCUT2D eigenvalue weighted by molar-refractivity contribution is 0.0511. The first-order chi connectivity index (χ1) is 52.6. The number of carbonyl (C=O) groups excluding carboxylic acids is 3. The molecule has 0 unspecified atom stereocenters. The second kappa shape index (κ2) is 44.0. The molecular weight excluding hydrogens is 1720 g/mol. The smallest absolute Gasteiger partial charge is 0.488 e. The predicted octanol–water partition coefficient (Wildman–Crippen LogP) is 18.6. The van der Waals surface area contributed by atoms with Gasteiger partial charge in [0, 0.05) is 33.9 Å². The highest BCUT2D eigenvalue weighted by Gasteiger charge is 2.24. The zero-order valence-corrected chi connectivity index (χ0v) is 68.4. The Bertz CT molecular complexity index is 4900. The van der Waals surface area contributed by atoms with Gasteiger partial charge in [0.25, 0.3) is 0 Å². The summed E-state index contributed by atoms with van der Waals surface area (Å²) in [5.74, 6) is 1.39. The van der Waals surface area contributed by atoms with Crippen molar-refractivity contribution in [3.8, 4) is 33.8 Å². The first kappa shape index (κ1) is 85.6. The van der Waals surface area contributed by atoms with Crippen LogP contribution in [-0.2, 0) is 52.3 Å². The predicted molar refractivity (Wildman–Crippen MR) is 441 cm³/mol. The van der Waals surface area contributed by atoms with Crippen LogP contribution < -0.4 is 30.9 Å². The van der Waals surface area contributed by atoms with Gasteiger partial charge in [-0.25, -0.2) is 23.7 Å². The molecule has 0 fully saturated rings. The molecule has 0 amide bonds. The summed E-state index contributed by atoms with van der Waals surface area (Å²) in [7, 11) is 1.75. The Labute approximate surface area is 685 Å². The van der Waals surface area contributed by atoms with E-state index >= 15 is 0 Å². The van der Waals surface area contributed by atoms with E-state index in [4.69, 9.17) is 103 Å². The molecule has 32 heteroatoms. The summed E-state index contributed by atoms with van der Waals surface area (Å²) in [6, 6.07) is 62.9. The molecule has 0 aliphatic rings. The van der Waals surface area contributed by atoms with Gasteiger partial charge in [-0.15, -0.1) is 20.4 Å². The molecule has 12 aromatic rings. The Morgan fingerprint density at radius 3 is 1.15 bits per heavy atom. The molecule has 12 rings (SSSR count). The molecule has 9 aromatic carbocycles. The second-order valence-corrected chi connectivity index (χ2v) is 27.7. The number of nitrogens with one attached hydrogen (secondary N) is 4. The molecule has 0 aliphatic carbocycles. The van der Waals surface area contributed by atoms with Crippen molar-refractivity contribution in [1.29, 1.82) is 0 Å². The summed E-state index contributed by atoms with van der Waals surface area (Å²) in [6.07, 6.45) is 0. The van der Waals surface area contributed by atoms with E-state index in [0.29, 0.717) is 85.8 Å². The van der Waals surface area contributed by atoms with E-state index < -0.39 is 25.0 Å². The Kier molecular flexibility index (Phi) is 34.5. The van der Waals surface area contributed by atoms with E-state index in [0.717, 1.165) is 75.8 Å². The number of hydrogen-bond acceptors (Lipinski definition) is 19. The first-order valence-corrected chi connectivity index (χ1v) is 38.3. The molecule has 22 nitrogen and oxygen atoms in total. The van der Waals surface area contributed by atoms with Gasteiger partial charge in [0.1, 0.15) is 11.5 Å². The highest BCUT2D eigenvalue weighted by molar-refractivity contribution is 9.10. The maximum atomic E-state index is 12.5. The number of halogens is 9. The van der Waals surface area contributed by atoms with E-state index in [1.165, 1.54) is 23.8 Å². The number of rotatable bonds is 25. The van der Waals surface area contributed by atoms with Crippen LogP contribution in [0.1, 0.15) is 85.6 Å². The summed E-state index contributed by atoms with van der Waals surface area (Å²) in [5.41, 5.74) is 11.2. The molecule has 3 aromatic heterocycles. The maximum absolute atomic E-state index is 12.5. The Balaban J connectivity index is 0.000000183. The zero-order valence-electron chi connectivity index (χ0n) is 59.1. The Morgan fingerprint density at radius 1 is 0.431 bits per heavy atom. The van der Waals surface area contributed by atoms with Gasteiger partial charge in [0.05, 0.1) is 77.3 Å². The topological polar surface area (TPSA) is 277 Å². The first-order valence-electron chi connectivity index (χ1n) is 33.3. The number of hydrogen-bond donors (Lipinski definition) is 6. The Morgan fingerprint density at radius 2 is 0.780 bits per heavy atom. The standard InChI is InChI=1S/C26H24Cl2N4O3.C20H21BrN4O3.C18H16Cl2N4O2.C7H6Br2.C6H5BCl2O2/c1-3-35-26(33)24-25(32(31-30-24)16-18-6-11-21(34-2)12-7-18)29-15-17-4-8-19(9-5-17)20-10-13-22(27)23(28)14-20;1-3-28-20(26)18-19(22-12-14-4-8-16(21)9-5-14)25(24-23-18)13-15-6-10-17(27-2)11-7-15;1-2-26-18(25)16-17(23-24-22-16)21-10-11-3-5-12(6-4-11)13-7-8-14(19)15(20)9-13;8-5-6-1-3-7(9)4-2-6;8-5-2-1-4(7(10)11)3-6(5)9/h4-14,29H,3,15-16H2,1-2H3;4-11,22H,3,12-13H2,1-2H3;3-9H,2,10H2,1H3,(H2,21,22,23,24);1-4H,5H2;1-3,10-11H. The lowest BCUT2D eigenvalue weighted by Gasteiger charge is -2.12. The van der Waals surface area contributed by atoms with Crippen LogP contribution >= 0.6 is 117 Å². The van der Waals surface area contributed by atoms with Crippen molar-refractivity contribution in [3.63, 3.8) is 0 Å². The number of esters is 3. The molecule has 0 saturated carbocycles. The summed E-state index contributed by atoms with van der Waals surface area (Å²) in [5, 5.41) is 57.4. The van der Waals surface area contributed by atoms with Crippen LogP contribution in [0.15, 0.2) is 209 Å². The molecule has 0 bridgehead atoms. The van der Waals surface area contributed by atoms with Gasteiger partial charge < -0.3 is 49.7 Å². The fourth-order valence-corrected chi connectivity index (χ4v) is 11.6. The fourth-order valence-electron chi connectivity index (χ4n) is 9.76. The van der Waals surface area contributed by atoms with E-state index in [1.54, 1.807) is 56.5 Å². The number of aromatic nitrogens is 9. The van der Waals surface area contributed by atoms with Gasteiger partial charge in [0.2, 0.25) is 17.1 Å². The quantitative estimate of drug-likeness (QED) is 0.0134. The minimum atomic E-state index is -1.50. The molecule has 0 spiro atoms. The third-order valence-electron chi connectivity index (χ3n) is 15.4. The normalized spacial score (nSPS) is 10.5. The van der Waals surface area contributed by atoms with Gasteiger partial charge in [-0.3, -0.25) is 0 Å². The number of anilines is 3. The van der Waals surface area contributed by atoms with Gasteiger partial charge in [-0.05, 0) is 167 Å². The highest BCUT2D eigenvalue weighted by Crippen LogP contribution is 2.32. The third-order valence-corrected chi connectivity index (χ3v) is 19.3. The van der Waals surface area contributed by atoms with Gasteiger partial charge in [0.15, 0.2) is 17.5 Å². The second-order valence-electron chi connectivity index (χ2n) is 22.9. The number of H-pyrrole nitrogens is 1. The van der Waals surface area contributed by atoms with Crippen LogP contribution in [0, 0.1) is 0 Å². The van der Waals surface area contributed by atoms with Crippen LogP contribution in [0.2, 0.25) is 30.1 Å². The molecule has 566 valence electrons. The summed E-state index contributed by atoms with van der Waals surface area (Å²) >= 11 is 45.5. The average Bonchev–Trinajstić information content (AvgIpc) is 1.74. The molecule has 3 heterocycles. The molecule has 0 aliphatic heterocycles. The number of nitrogens with zero attached hydrogens (tertiary/aromatic N) is 8. The number of alkyl halides is 1. The molecule has 0 saturated heterocycles. The minimum absolute atomic E-state index is 0.138. The molecule has 0 radical (unpaired) electrons. The van der Waals surface area contributed by atoms with E-state index in [2.05, 4.69) is 112 Å². The van der Waals surface area contributed by atoms with Crippen molar-refractivity contribution in [3.05, 3.63) is 290 Å².